The number of nitrogens with one attached hydrogen (secondary N) is 3. The molecule has 0 saturated carbocycles. The Labute approximate surface area is 186 Å². The highest BCUT2D eigenvalue weighted by atomic mass is 16.6. The summed E-state index contributed by atoms with van der Waals surface area (Å²) in [6, 6.07) is 3.81. The molecule has 0 aliphatic heterocycles. The molecule has 0 saturated heterocycles. The lowest BCUT2D eigenvalue weighted by molar-refractivity contribution is 0.0448. The van der Waals surface area contributed by atoms with Crippen LogP contribution in [0.3, 0.4) is 0 Å². The SMILES string of the molecule is CCC(CC)(CNC(=NC)NCc1cccnc1OCCOC)NC(=O)OC(C)(C)C. The van der Waals surface area contributed by atoms with Crippen molar-refractivity contribution in [1.82, 2.24) is 20.9 Å². The highest BCUT2D eigenvalue weighted by molar-refractivity contribution is 5.80. The lowest BCUT2D eigenvalue weighted by Gasteiger charge is -2.34. The molecule has 0 unspecified atom stereocenters. The predicted molar refractivity (Wildman–Crippen MR) is 122 cm³/mol. The summed E-state index contributed by atoms with van der Waals surface area (Å²) in [6.45, 7) is 11.5. The van der Waals surface area contributed by atoms with Gasteiger partial charge in [0.1, 0.15) is 12.2 Å². The fraction of sp³-hybridized carbons (Fsp3) is 0.682. The second kappa shape index (κ2) is 13.0. The summed E-state index contributed by atoms with van der Waals surface area (Å²) in [4.78, 5) is 20.9. The second-order valence-corrected chi connectivity index (χ2v) is 8.20. The van der Waals surface area contributed by atoms with Crippen molar-refractivity contribution in [3.8, 4) is 5.88 Å². The van der Waals surface area contributed by atoms with Gasteiger partial charge in [0, 0.05) is 39.0 Å². The van der Waals surface area contributed by atoms with Crippen molar-refractivity contribution in [2.45, 2.75) is 65.1 Å². The van der Waals surface area contributed by atoms with E-state index < -0.39 is 17.2 Å². The maximum Gasteiger partial charge on any atom is 0.408 e. The summed E-state index contributed by atoms with van der Waals surface area (Å²) >= 11 is 0. The zero-order chi connectivity index (χ0) is 23.3. The third kappa shape index (κ3) is 9.87. The average Bonchev–Trinajstić information content (AvgIpc) is 2.72. The summed E-state index contributed by atoms with van der Waals surface area (Å²) < 4.78 is 16.1. The normalized spacial score (nSPS) is 12.3. The average molecular weight is 438 g/mol. The van der Waals surface area contributed by atoms with Crippen LogP contribution < -0.4 is 20.7 Å². The molecule has 0 aliphatic rings. The molecule has 1 rings (SSSR count). The molecule has 1 amide bonds. The van der Waals surface area contributed by atoms with Gasteiger partial charge in [0.15, 0.2) is 5.96 Å². The Balaban J connectivity index is 2.70. The fourth-order valence-electron chi connectivity index (χ4n) is 2.80. The Bertz CT molecular complexity index is 699. The van der Waals surface area contributed by atoms with E-state index in [1.807, 2.05) is 46.8 Å². The smallest absolute Gasteiger partial charge is 0.408 e. The van der Waals surface area contributed by atoms with Gasteiger partial charge >= 0.3 is 6.09 Å². The molecule has 0 aromatic carbocycles. The molecule has 0 atom stereocenters. The van der Waals surface area contributed by atoms with Crippen LogP contribution in [0.4, 0.5) is 4.79 Å². The number of guanidine groups is 1. The number of hydrogen-bond acceptors (Lipinski definition) is 6. The number of alkyl carbamates (subject to hydrolysis) is 1. The van der Waals surface area contributed by atoms with Crippen LogP contribution in [0.1, 0.15) is 53.0 Å². The molecule has 1 heterocycles. The number of carbonyl (C=O) groups is 1. The molecule has 0 aliphatic carbocycles. The van der Waals surface area contributed by atoms with Gasteiger partial charge in [0.25, 0.3) is 0 Å². The van der Waals surface area contributed by atoms with Gasteiger partial charge in [-0.15, -0.1) is 0 Å². The number of aromatic nitrogens is 1. The molecule has 0 radical (unpaired) electrons. The number of aliphatic imine (C=N–C) groups is 1. The molecule has 1 aromatic heterocycles. The van der Waals surface area contributed by atoms with Crippen LogP contribution in [-0.4, -0.2) is 62.1 Å². The van der Waals surface area contributed by atoms with Crippen molar-refractivity contribution in [2.24, 2.45) is 4.99 Å². The second-order valence-electron chi connectivity index (χ2n) is 8.20. The van der Waals surface area contributed by atoms with Gasteiger partial charge in [-0.1, -0.05) is 19.9 Å². The number of rotatable bonds is 11. The van der Waals surface area contributed by atoms with Gasteiger partial charge in [0.05, 0.1) is 12.1 Å². The first-order valence-electron chi connectivity index (χ1n) is 10.7. The largest absolute Gasteiger partial charge is 0.475 e. The van der Waals surface area contributed by atoms with Crippen LogP contribution in [0.25, 0.3) is 0 Å². The van der Waals surface area contributed by atoms with Gasteiger partial charge in [0.2, 0.25) is 5.88 Å². The van der Waals surface area contributed by atoms with Crippen LogP contribution >= 0.6 is 0 Å². The first-order chi connectivity index (χ1) is 14.7. The van der Waals surface area contributed by atoms with Gasteiger partial charge in [-0.05, 0) is 39.7 Å². The number of methoxy groups -OCH3 is 1. The number of ether oxygens (including phenoxy) is 3. The van der Waals surface area contributed by atoms with Crippen LogP contribution in [0.15, 0.2) is 23.3 Å². The van der Waals surface area contributed by atoms with E-state index in [-0.39, 0.29) is 0 Å². The maximum absolute atomic E-state index is 12.3. The summed E-state index contributed by atoms with van der Waals surface area (Å²) in [6.07, 6.45) is 2.76. The van der Waals surface area contributed by atoms with Crippen molar-refractivity contribution in [2.75, 3.05) is 33.9 Å². The van der Waals surface area contributed by atoms with E-state index in [4.69, 9.17) is 14.2 Å². The van der Waals surface area contributed by atoms with Crippen molar-refractivity contribution < 1.29 is 19.0 Å². The van der Waals surface area contributed by atoms with Crippen molar-refractivity contribution in [3.63, 3.8) is 0 Å². The zero-order valence-electron chi connectivity index (χ0n) is 20.0. The van der Waals surface area contributed by atoms with Gasteiger partial charge in [-0.3, -0.25) is 4.99 Å². The third-order valence-corrected chi connectivity index (χ3v) is 4.76. The Morgan fingerprint density at radius 2 is 1.87 bits per heavy atom. The number of nitrogens with zero attached hydrogens (tertiary/aromatic N) is 2. The molecule has 9 nitrogen and oxygen atoms in total. The van der Waals surface area contributed by atoms with Crippen LogP contribution in [0.2, 0.25) is 0 Å². The van der Waals surface area contributed by atoms with E-state index >= 15 is 0 Å². The summed E-state index contributed by atoms with van der Waals surface area (Å²) in [5.74, 6) is 1.18. The zero-order valence-corrected chi connectivity index (χ0v) is 20.0. The van der Waals surface area contributed by atoms with Crippen LogP contribution in [0, 0.1) is 0 Å². The van der Waals surface area contributed by atoms with E-state index in [0.717, 1.165) is 18.4 Å². The quantitative estimate of drug-likeness (QED) is 0.278. The molecule has 176 valence electrons. The lowest BCUT2D eigenvalue weighted by Crippen LogP contribution is -2.57. The number of pyridine rings is 1. The standard InChI is InChI=1S/C22H39N5O4/c1-8-22(9-2,27-20(28)31-21(3,4)5)16-26-19(23-6)25-15-17-11-10-12-24-18(17)30-14-13-29-7/h10-12H,8-9,13-16H2,1-7H3,(H,27,28)(H2,23,25,26). The number of hydrogen-bond donors (Lipinski definition) is 3. The fourth-order valence-corrected chi connectivity index (χ4v) is 2.80. The minimum Gasteiger partial charge on any atom is -0.475 e. The van der Waals surface area contributed by atoms with Crippen LogP contribution in [-0.2, 0) is 16.0 Å². The van der Waals surface area contributed by atoms with Gasteiger partial charge < -0.3 is 30.2 Å². The van der Waals surface area contributed by atoms with Gasteiger partial charge in [-0.25, -0.2) is 9.78 Å². The first kappa shape index (κ1) is 26.5. The molecule has 0 spiro atoms. The molecule has 31 heavy (non-hydrogen) atoms. The van der Waals surface area contributed by atoms with Crippen molar-refractivity contribution in [3.05, 3.63) is 23.9 Å². The number of amides is 1. The summed E-state index contributed by atoms with van der Waals surface area (Å²) in [5.41, 5.74) is -0.0942. The van der Waals surface area contributed by atoms with E-state index in [9.17, 15) is 4.79 Å². The monoisotopic (exact) mass is 437 g/mol. The Hall–Kier alpha value is -2.55. The van der Waals surface area contributed by atoms with Crippen LogP contribution in [0.5, 0.6) is 5.88 Å². The number of carbonyl (C=O) groups excluding carboxylic acids is 1. The lowest BCUT2D eigenvalue weighted by atomic mass is 9.93. The molecule has 1 aromatic rings. The molecule has 9 heteroatoms. The van der Waals surface area contributed by atoms with E-state index in [1.165, 1.54) is 0 Å². The highest BCUT2D eigenvalue weighted by Gasteiger charge is 2.30. The molecular weight excluding hydrogens is 398 g/mol. The topological polar surface area (TPSA) is 106 Å². The molecular formula is C22H39N5O4. The predicted octanol–water partition coefficient (Wildman–Crippen LogP) is 2.86. The Kier molecular flexibility index (Phi) is 11.1. The third-order valence-electron chi connectivity index (χ3n) is 4.76. The van der Waals surface area contributed by atoms with Crippen molar-refractivity contribution in [1.29, 1.82) is 0 Å². The highest BCUT2D eigenvalue weighted by Crippen LogP contribution is 2.17. The first-order valence-corrected chi connectivity index (χ1v) is 10.7. The minimum atomic E-state index is -0.547. The van der Waals surface area contributed by atoms with E-state index in [0.29, 0.717) is 38.1 Å². The Morgan fingerprint density at radius 3 is 2.45 bits per heavy atom. The molecule has 0 fully saturated rings. The molecule has 0 bridgehead atoms. The minimum absolute atomic E-state index is 0.422. The summed E-state index contributed by atoms with van der Waals surface area (Å²) in [5, 5.41) is 9.61. The van der Waals surface area contributed by atoms with E-state index in [2.05, 4.69) is 25.9 Å². The summed E-state index contributed by atoms with van der Waals surface area (Å²) in [7, 11) is 3.33. The van der Waals surface area contributed by atoms with Gasteiger partial charge in [-0.2, -0.15) is 0 Å². The molecule has 3 N–H and O–H groups in total. The maximum atomic E-state index is 12.3. The Morgan fingerprint density at radius 1 is 1.16 bits per heavy atom. The van der Waals surface area contributed by atoms with E-state index in [1.54, 1.807) is 20.4 Å². The van der Waals surface area contributed by atoms with Crippen molar-refractivity contribution >= 4 is 12.1 Å².